The predicted molar refractivity (Wildman–Crippen MR) is 86.0 cm³/mol. The van der Waals surface area contributed by atoms with Gasteiger partial charge in [-0.3, -0.25) is 10.5 Å². The molecule has 0 unspecified atom stereocenters. The molecule has 1 aromatic heterocycles. The average molecular weight is 345 g/mol. The molecule has 106 valence electrons. The number of carbonyl (C=O) groups is 1. The Hall–Kier alpha value is -2.14. The average Bonchev–Trinajstić information content (AvgIpc) is 2.73. The van der Waals surface area contributed by atoms with Gasteiger partial charge in [-0.25, -0.2) is 9.13 Å². The quantitative estimate of drug-likeness (QED) is 0.586. The van der Waals surface area contributed by atoms with E-state index in [1.54, 1.807) is 0 Å². The summed E-state index contributed by atoms with van der Waals surface area (Å²) in [5.41, 5.74) is 8.78. The van der Waals surface area contributed by atoms with Gasteiger partial charge in [-0.2, -0.15) is 0 Å². The number of nitrogens with two attached hydrogens (primary N) is 1. The lowest BCUT2D eigenvalue weighted by atomic mass is 10.1. The second-order valence-corrected chi connectivity index (χ2v) is 5.84. The van der Waals surface area contributed by atoms with Crippen molar-refractivity contribution in [2.75, 3.05) is 5.73 Å². The van der Waals surface area contributed by atoms with E-state index in [1.807, 2.05) is 64.7 Å². The smallest absolute Gasteiger partial charge is 0.291 e. The second kappa shape index (κ2) is 5.33. The molecule has 21 heavy (non-hydrogen) atoms. The lowest BCUT2D eigenvalue weighted by molar-refractivity contribution is -0.630. The van der Waals surface area contributed by atoms with Gasteiger partial charge in [-0.05, 0) is 24.3 Å². The molecule has 0 amide bonds. The molecule has 4 nitrogen and oxygen atoms in total. The normalized spacial score (nSPS) is 11.0. The number of ketones is 1. The van der Waals surface area contributed by atoms with Gasteiger partial charge in [0.2, 0.25) is 0 Å². The summed E-state index contributed by atoms with van der Waals surface area (Å²) >= 11 is 3.37. The Morgan fingerprint density at radius 2 is 1.86 bits per heavy atom. The van der Waals surface area contributed by atoms with Gasteiger partial charge in [0.1, 0.15) is 17.6 Å². The zero-order valence-corrected chi connectivity index (χ0v) is 13.2. The Bertz CT molecular complexity index is 821. The molecule has 0 saturated heterocycles. The van der Waals surface area contributed by atoms with Crippen LogP contribution in [0.4, 0.5) is 5.95 Å². The van der Waals surface area contributed by atoms with E-state index in [-0.39, 0.29) is 12.3 Å². The van der Waals surface area contributed by atoms with Gasteiger partial charge in [0, 0.05) is 10.0 Å². The van der Waals surface area contributed by atoms with Crippen molar-refractivity contribution in [2.24, 2.45) is 7.05 Å². The van der Waals surface area contributed by atoms with E-state index in [0.29, 0.717) is 11.5 Å². The van der Waals surface area contributed by atoms with E-state index in [9.17, 15) is 4.79 Å². The monoisotopic (exact) mass is 344 g/mol. The predicted octanol–water partition coefficient (Wildman–Crippen LogP) is 2.69. The molecule has 0 radical (unpaired) electrons. The van der Waals surface area contributed by atoms with E-state index in [0.717, 1.165) is 15.5 Å². The summed E-state index contributed by atoms with van der Waals surface area (Å²) in [4.78, 5) is 12.4. The number of rotatable bonds is 3. The molecule has 5 heteroatoms. The maximum Gasteiger partial charge on any atom is 0.356 e. The number of hydrogen-bond acceptors (Lipinski definition) is 2. The van der Waals surface area contributed by atoms with Gasteiger partial charge in [-0.1, -0.05) is 40.2 Å². The third-order valence-electron chi connectivity index (χ3n) is 3.62. The molecule has 0 atom stereocenters. The number of para-hydroxylation sites is 2. The third-order valence-corrected chi connectivity index (χ3v) is 4.15. The number of aryl methyl sites for hydroxylation is 1. The molecule has 0 saturated carbocycles. The van der Waals surface area contributed by atoms with Gasteiger partial charge in [0.05, 0.1) is 7.05 Å². The molecule has 0 aliphatic carbocycles. The largest absolute Gasteiger partial charge is 0.356 e. The van der Waals surface area contributed by atoms with Crippen LogP contribution in [0.1, 0.15) is 10.4 Å². The molecule has 0 aliphatic rings. The van der Waals surface area contributed by atoms with Crippen LogP contribution in [0.25, 0.3) is 11.0 Å². The van der Waals surface area contributed by atoms with Crippen molar-refractivity contribution in [1.29, 1.82) is 0 Å². The Morgan fingerprint density at radius 1 is 1.19 bits per heavy atom. The van der Waals surface area contributed by atoms with Crippen LogP contribution in [-0.2, 0) is 13.6 Å². The van der Waals surface area contributed by atoms with Gasteiger partial charge in [-0.15, -0.1) is 0 Å². The molecule has 3 aromatic rings. The van der Waals surface area contributed by atoms with Crippen molar-refractivity contribution < 1.29 is 9.36 Å². The fraction of sp³-hybridized carbons (Fsp3) is 0.125. The molecule has 0 spiro atoms. The summed E-state index contributed by atoms with van der Waals surface area (Å²) in [6.45, 7) is 0.231. The lowest BCUT2D eigenvalue weighted by Crippen LogP contribution is -2.31. The maximum absolute atomic E-state index is 12.4. The van der Waals surface area contributed by atoms with E-state index in [1.165, 1.54) is 0 Å². The minimum atomic E-state index is 0.0375. The first-order valence-corrected chi connectivity index (χ1v) is 7.38. The Morgan fingerprint density at radius 3 is 2.57 bits per heavy atom. The van der Waals surface area contributed by atoms with Crippen LogP contribution in [0.2, 0.25) is 0 Å². The number of hydrogen-bond donors (Lipinski definition) is 1. The van der Waals surface area contributed by atoms with Gasteiger partial charge in [0.15, 0.2) is 5.78 Å². The van der Waals surface area contributed by atoms with Crippen molar-refractivity contribution in [3.8, 4) is 0 Å². The molecule has 1 heterocycles. The Balaban J connectivity index is 2.00. The summed E-state index contributed by atoms with van der Waals surface area (Å²) in [5.74, 6) is 0.609. The first kappa shape index (κ1) is 13.8. The number of halogens is 1. The summed E-state index contributed by atoms with van der Waals surface area (Å²) < 4.78 is 4.69. The highest BCUT2D eigenvalue weighted by Gasteiger charge is 2.20. The molecule has 0 bridgehead atoms. The topological polar surface area (TPSA) is 51.9 Å². The fourth-order valence-corrected chi connectivity index (χ4v) is 2.71. The fourth-order valence-electron chi connectivity index (χ4n) is 2.44. The summed E-state index contributed by atoms with van der Waals surface area (Å²) in [6.07, 6.45) is 0. The number of benzene rings is 2. The minimum absolute atomic E-state index is 0.0375. The Labute approximate surface area is 130 Å². The SMILES string of the molecule is C[n+]1c(N)n(CC(=O)c2ccc(Br)cc2)c2ccccc21. The van der Waals surface area contributed by atoms with Crippen LogP contribution in [0.5, 0.6) is 0 Å². The molecule has 2 N–H and O–H groups in total. The number of anilines is 1. The highest BCUT2D eigenvalue weighted by atomic mass is 79.9. The van der Waals surface area contributed by atoms with E-state index in [4.69, 9.17) is 5.73 Å². The molecular formula is C16H15BrN3O+. The lowest BCUT2D eigenvalue weighted by Gasteiger charge is -2.02. The van der Waals surface area contributed by atoms with Gasteiger partial charge < -0.3 is 0 Å². The number of Topliss-reactive ketones (excluding diaryl/α,β-unsaturated/α-hetero) is 1. The second-order valence-electron chi connectivity index (χ2n) is 4.92. The number of aromatic nitrogens is 2. The highest BCUT2D eigenvalue weighted by Crippen LogP contribution is 2.17. The Kier molecular flexibility index (Phi) is 3.51. The maximum atomic E-state index is 12.4. The summed E-state index contributed by atoms with van der Waals surface area (Å²) in [7, 11) is 1.90. The number of imidazole rings is 1. The van der Waals surface area contributed by atoms with Crippen LogP contribution in [0, 0.1) is 0 Å². The van der Waals surface area contributed by atoms with Gasteiger partial charge in [0.25, 0.3) is 0 Å². The van der Waals surface area contributed by atoms with Gasteiger partial charge >= 0.3 is 5.95 Å². The van der Waals surface area contributed by atoms with Crippen molar-refractivity contribution in [1.82, 2.24) is 4.57 Å². The molecule has 0 fully saturated rings. The first-order chi connectivity index (χ1) is 10.1. The molecule has 3 rings (SSSR count). The van der Waals surface area contributed by atoms with Crippen molar-refractivity contribution in [3.63, 3.8) is 0 Å². The minimum Gasteiger partial charge on any atom is -0.291 e. The van der Waals surface area contributed by atoms with Crippen LogP contribution in [0.3, 0.4) is 0 Å². The number of fused-ring (bicyclic) bond motifs is 1. The number of nitrogen functional groups attached to an aromatic ring is 1. The first-order valence-electron chi connectivity index (χ1n) is 6.59. The van der Waals surface area contributed by atoms with Crippen molar-refractivity contribution in [2.45, 2.75) is 6.54 Å². The van der Waals surface area contributed by atoms with Crippen LogP contribution in [-0.4, -0.2) is 10.4 Å². The van der Waals surface area contributed by atoms with E-state index < -0.39 is 0 Å². The van der Waals surface area contributed by atoms with Crippen LogP contribution < -0.4 is 10.3 Å². The zero-order valence-electron chi connectivity index (χ0n) is 11.6. The van der Waals surface area contributed by atoms with Crippen LogP contribution in [0.15, 0.2) is 53.0 Å². The summed E-state index contributed by atoms with van der Waals surface area (Å²) in [6, 6.07) is 15.2. The van der Waals surface area contributed by atoms with Crippen molar-refractivity contribution >= 4 is 38.7 Å². The number of nitrogens with zero attached hydrogens (tertiary/aromatic N) is 2. The standard InChI is InChI=1S/C16H14BrN3O/c1-19-13-4-2-3-5-14(13)20(16(19)18)10-15(21)11-6-8-12(17)9-7-11/h2-9,18H,10H2,1H3/p+1. The molecule has 2 aromatic carbocycles. The molecular weight excluding hydrogens is 330 g/mol. The van der Waals surface area contributed by atoms with E-state index in [2.05, 4.69) is 15.9 Å². The zero-order chi connectivity index (χ0) is 15.0. The van der Waals surface area contributed by atoms with Crippen molar-refractivity contribution in [3.05, 3.63) is 58.6 Å². The highest BCUT2D eigenvalue weighted by molar-refractivity contribution is 9.10. The number of carbonyl (C=O) groups excluding carboxylic acids is 1. The van der Waals surface area contributed by atoms with Crippen LogP contribution >= 0.6 is 15.9 Å². The molecule has 0 aliphatic heterocycles. The summed E-state index contributed by atoms with van der Waals surface area (Å²) in [5, 5.41) is 0. The van der Waals surface area contributed by atoms with E-state index >= 15 is 0 Å². The third kappa shape index (κ3) is 2.45.